The zero-order valence-electron chi connectivity index (χ0n) is 13.3. The average Bonchev–Trinajstić information content (AvgIpc) is 2.57. The molecular weight excluding hydrogens is 336 g/mol. The Labute approximate surface area is 144 Å². The molecule has 0 radical (unpaired) electrons. The predicted molar refractivity (Wildman–Crippen MR) is 89.0 cm³/mol. The van der Waals surface area contributed by atoms with Crippen molar-refractivity contribution in [2.75, 3.05) is 25.1 Å². The zero-order valence-corrected chi connectivity index (χ0v) is 14.0. The maximum Gasteiger partial charge on any atom is 0.213 e. The number of nitrogens with zero attached hydrogens (tertiary/aromatic N) is 2. The summed E-state index contributed by atoms with van der Waals surface area (Å²) >= 11 is 6.05. The maximum atomic E-state index is 14.1. The standard InChI is InChI=1S/C17H18ClF2N3O/c1-17(4-6-24-7-5-17)10-22-16-13(19)2-3-14(23-16)11-8-15(20)21-9-12(11)18/h2-3,8-9H,4-7,10H2,1H3,(H,22,23). The highest BCUT2D eigenvalue weighted by molar-refractivity contribution is 6.33. The van der Waals surface area contributed by atoms with Gasteiger partial charge in [0.05, 0.1) is 10.7 Å². The van der Waals surface area contributed by atoms with E-state index in [0.717, 1.165) is 12.8 Å². The molecule has 3 rings (SSSR count). The number of pyridine rings is 2. The molecule has 1 fully saturated rings. The van der Waals surface area contributed by atoms with Crippen LogP contribution < -0.4 is 5.32 Å². The molecule has 0 saturated carbocycles. The van der Waals surface area contributed by atoms with Crippen LogP contribution in [0.3, 0.4) is 0 Å². The minimum absolute atomic E-state index is 0.0306. The molecule has 1 aliphatic heterocycles. The van der Waals surface area contributed by atoms with Crippen LogP contribution in [0.15, 0.2) is 24.4 Å². The summed E-state index contributed by atoms with van der Waals surface area (Å²) < 4.78 is 32.8. The van der Waals surface area contributed by atoms with Gasteiger partial charge in [0.1, 0.15) is 0 Å². The average molecular weight is 354 g/mol. The van der Waals surface area contributed by atoms with E-state index in [9.17, 15) is 8.78 Å². The molecule has 0 unspecified atom stereocenters. The van der Waals surface area contributed by atoms with Crippen molar-refractivity contribution >= 4 is 17.4 Å². The number of rotatable bonds is 4. The van der Waals surface area contributed by atoms with Crippen LogP contribution in [0.1, 0.15) is 19.8 Å². The summed E-state index contributed by atoms with van der Waals surface area (Å²) in [6.45, 7) is 4.14. The molecule has 0 aromatic carbocycles. The lowest BCUT2D eigenvalue weighted by Crippen LogP contribution is -2.33. The minimum Gasteiger partial charge on any atom is -0.381 e. The van der Waals surface area contributed by atoms with E-state index in [4.69, 9.17) is 16.3 Å². The summed E-state index contributed by atoms with van der Waals surface area (Å²) in [6, 6.07) is 3.95. The van der Waals surface area contributed by atoms with Gasteiger partial charge < -0.3 is 10.1 Å². The lowest BCUT2D eigenvalue weighted by Gasteiger charge is -2.33. The van der Waals surface area contributed by atoms with Crippen molar-refractivity contribution < 1.29 is 13.5 Å². The summed E-state index contributed by atoms with van der Waals surface area (Å²) in [5.41, 5.74) is 0.801. The van der Waals surface area contributed by atoms with Crippen molar-refractivity contribution in [2.24, 2.45) is 5.41 Å². The molecule has 128 valence electrons. The van der Waals surface area contributed by atoms with Crippen LogP contribution in [-0.2, 0) is 4.74 Å². The Balaban J connectivity index is 1.82. The molecule has 24 heavy (non-hydrogen) atoms. The highest BCUT2D eigenvalue weighted by Crippen LogP contribution is 2.31. The van der Waals surface area contributed by atoms with E-state index in [2.05, 4.69) is 22.2 Å². The normalized spacial score (nSPS) is 16.8. The van der Waals surface area contributed by atoms with E-state index >= 15 is 0 Å². The molecule has 0 amide bonds. The zero-order chi connectivity index (χ0) is 17.2. The fourth-order valence-corrected chi connectivity index (χ4v) is 2.86. The van der Waals surface area contributed by atoms with Gasteiger partial charge in [-0.25, -0.2) is 14.4 Å². The first-order valence-corrected chi connectivity index (χ1v) is 8.14. The van der Waals surface area contributed by atoms with Gasteiger partial charge in [0, 0.05) is 37.6 Å². The molecule has 7 heteroatoms. The van der Waals surface area contributed by atoms with E-state index in [-0.39, 0.29) is 16.3 Å². The van der Waals surface area contributed by atoms with E-state index in [1.54, 1.807) is 0 Å². The second-order valence-electron chi connectivity index (χ2n) is 6.29. The Morgan fingerprint density at radius 2 is 2.04 bits per heavy atom. The van der Waals surface area contributed by atoms with Crippen LogP contribution >= 0.6 is 11.6 Å². The Morgan fingerprint density at radius 1 is 1.29 bits per heavy atom. The molecule has 0 atom stereocenters. The SMILES string of the molecule is CC1(CNc2nc(-c3cc(F)ncc3Cl)ccc2F)CCOCC1. The van der Waals surface area contributed by atoms with Crippen molar-refractivity contribution in [3.63, 3.8) is 0 Å². The van der Waals surface area contributed by atoms with Crippen LogP contribution in [0.4, 0.5) is 14.6 Å². The Kier molecular flexibility index (Phi) is 4.96. The molecule has 4 nitrogen and oxygen atoms in total. The maximum absolute atomic E-state index is 14.1. The first-order valence-electron chi connectivity index (χ1n) is 7.76. The Morgan fingerprint density at radius 3 is 2.79 bits per heavy atom. The number of hydrogen-bond donors (Lipinski definition) is 1. The first-order chi connectivity index (χ1) is 11.5. The van der Waals surface area contributed by atoms with E-state index in [0.29, 0.717) is 31.0 Å². The summed E-state index contributed by atoms with van der Waals surface area (Å²) in [7, 11) is 0. The molecule has 0 bridgehead atoms. The van der Waals surface area contributed by atoms with Gasteiger partial charge in [-0.15, -0.1) is 0 Å². The van der Waals surface area contributed by atoms with Gasteiger partial charge in [0.15, 0.2) is 11.6 Å². The van der Waals surface area contributed by atoms with E-state index < -0.39 is 11.8 Å². The van der Waals surface area contributed by atoms with Crippen LogP contribution in [0.25, 0.3) is 11.3 Å². The third-order valence-electron chi connectivity index (χ3n) is 4.33. The van der Waals surface area contributed by atoms with Gasteiger partial charge >= 0.3 is 0 Å². The number of hydrogen-bond acceptors (Lipinski definition) is 4. The number of ether oxygens (including phenoxy) is 1. The van der Waals surface area contributed by atoms with Gasteiger partial charge in [0.25, 0.3) is 0 Å². The topological polar surface area (TPSA) is 47.0 Å². The number of aromatic nitrogens is 2. The van der Waals surface area contributed by atoms with Crippen molar-refractivity contribution in [2.45, 2.75) is 19.8 Å². The van der Waals surface area contributed by atoms with Crippen LogP contribution in [0.2, 0.25) is 5.02 Å². The second kappa shape index (κ2) is 6.99. The van der Waals surface area contributed by atoms with E-state index in [1.165, 1.54) is 24.4 Å². The molecule has 1 aliphatic rings. The lowest BCUT2D eigenvalue weighted by atomic mass is 9.82. The van der Waals surface area contributed by atoms with Gasteiger partial charge in [-0.05, 0) is 30.4 Å². The summed E-state index contributed by atoms with van der Waals surface area (Å²) in [6.07, 6.45) is 3.03. The molecule has 2 aromatic rings. The smallest absolute Gasteiger partial charge is 0.213 e. The van der Waals surface area contributed by atoms with Gasteiger partial charge in [-0.2, -0.15) is 4.39 Å². The van der Waals surface area contributed by atoms with Crippen molar-refractivity contribution in [3.05, 3.63) is 41.2 Å². The molecule has 0 aliphatic carbocycles. The first kappa shape index (κ1) is 17.0. The fraction of sp³-hybridized carbons (Fsp3) is 0.412. The Bertz CT molecular complexity index is 736. The number of nitrogens with one attached hydrogen (secondary N) is 1. The van der Waals surface area contributed by atoms with E-state index in [1.807, 2.05) is 0 Å². The van der Waals surface area contributed by atoms with Crippen LogP contribution in [-0.4, -0.2) is 29.7 Å². The van der Waals surface area contributed by atoms with Gasteiger partial charge in [-0.1, -0.05) is 18.5 Å². The third-order valence-corrected chi connectivity index (χ3v) is 4.63. The van der Waals surface area contributed by atoms with Crippen molar-refractivity contribution in [1.29, 1.82) is 0 Å². The number of halogens is 3. The summed E-state index contributed by atoms with van der Waals surface area (Å²) in [5.74, 6) is -0.988. The van der Waals surface area contributed by atoms with Crippen LogP contribution in [0, 0.1) is 17.2 Å². The molecule has 2 aromatic heterocycles. The third kappa shape index (κ3) is 3.82. The molecule has 1 N–H and O–H groups in total. The minimum atomic E-state index is -0.662. The molecule has 1 saturated heterocycles. The van der Waals surface area contributed by atoms with Gasteiger partial charge in [-0.3, -0.25) is 0 Å². The highest BCUT2D eigenvalue weighted by Gasteiger charge is 2.27. The van der Waals surface area contributed by atoms with Crippen molar-refractivity contribution in [3.8, 4) is 11.3 Å². The summed E-state index contributed by atoms with van der Waals surface area (Å²) in [4.78, 5) is 7.75. The van der Waals surface area contributed by atoms with Crippen molar-refractivity contribution in [1.82, 2.24) is 9.97 Å². The van der Waals surface area contributed by atoms with Crippen LogP contribution in [0.5, 0.6) is 0 Å². The highest BCUT2D eigenvalue weighted by atomic mass is 35.5. The lowest BCUT2D eigenvalue weighted by molar-refractivity contribution is 0.0299. The van der Waals surface area contributed by atoms with Gasteiger partial charge in [0.2, 0.25) is 5.95 Å². The second-order valence-corrected chi connectivity index (χ2v) is 6.70. The summed E-state index contributed by atoms with van der Waals surface area (Å²) in [5, 5.41) is 3.34. The fourth-order valence-electron chi connectivity index (χ4n) is 2.66. The predicted octanol–water partition coefficient (Wildman–Crippen LogP) is 4.30. The Hall–Kier alpha value is -1.79. The quantitative estimate of drug-likeness (QED) is 0.832. The molecule has 3 heterocycles. The molecular formula is C17H18ClF2N3O. The monoisotopic (exact) mass is 353 g/mol. The number of anilines is 1. The largest absolute Gasteiger partial charge is 0.381 e. The molecule has 0 spiro atoms.